The van der Waals surface area contributed by atoms with Gasteiger partial charge in [-0.05, 0) is 84.4 Å². The number of likely N-dealkylation sites (tertiary alicyclic amines) is 1. The van der Waals surface area contributed by atoms with Crippen LogP contribution < -0.4 is 16.0 Å². The first-order chi connectivity index (χ1) is 22.0. The molecule has 13 heteroatoms. The largest absolute Gasteiger partial charge is 0.389 e. The number of nitrogens with zero attached hydrogens (tertiary/aromatic N) is 6. The zero-order chi connectivity index (χ0) is 32.4. The van der Waals surface area contributed by atoms with Crippen LogP contribution in [0.3, 0.4) is 0 Å². The van der Waals surface area contributed by atoms with E-state index < -0.39 is 17.2 Å². The van der Waals surface area contributed by atoms with Crippen molar-refractivity contribution in [3.8, 4) is 17.6 Å². The van der Waals surface area contributed by atoms with Crippen LogP contribution in [0, 0.1) is 16.7 Å². The molecular formula is C33H42FN9O2S. The van der Waals surface area contributed by atoms with Crippen molar-refractivity contribution < 1.29 is 14.0 Å². The number of rotatable bonds is 6. The van der Waals surface area contributed by atoms with Gasteiger partial charge in [-0.2, -0.15) is 5.26 Å². The van der Waals surface area contributed by atoms with Crippen LogP contribution in [0.15, 0.2) is 4.52 Å². The fourth-order valence-corrected chi connectivity index (χ4v) is 9.79. The number of hydrogen-bond donors (Lipinski definition) is 4. The van der Waals surface area contributed by atoms with Gasteiger partial charge in [-0.1, -0.05) is 5.16 Å². The Hall–Kier alpha value is -3.60. The number of anilines is 3. The Kier molecular flexibility index (Phi) is 7.81. The lowest BCUT2D eigenvalue weighted by Gasteiger charge is -2.40. The van der Waals surface area contributed by atoms with Crippen LogP contribution in [0.5, 0.6) is 0 Å². The number of nitrogens with two attached hydrogens (primary N) is 1. The van der Waals surface area contributed by atoms with E-state index in [4.69, 9.17) is 25.6 Å². The van der Waals surface area contributed by atoms with E-state index in [1.807, 2.05) is 0 Å². The fourth-order valence-electron chi connectivity index (χ4n) is 8.63. The average Bonchev–Trinajstić information content (AvgIpc) is 3.73. The monoisotopic (exact) mass is 647 g/mol. The quantitative estimate of drug-likeness (QED) is 0.273. The molecule has 0 radical (unpaired) electrons. The van der Waals surface area contributed by atoms with Crippen molar-refractivity contribution in [3.63, 3.8) is 0 Å². The molecule has 0 bridgehead atoms. The summed E-state index contributed by atoms with van der Waals surface area (Å²) in [6, 6.07) is 2.68. The highest BCUT2D eigenvalue weighted by atomic mass is 32.1. The number of aryl methyl sites for hydroxylation is 1. The SMILES string of the molecule is CC(Nc1nc(-c2noc3c2CCCC32CCCc3sc(N)c(C#N)c32)nc(N2CC(F)CC(C)(O)C2)c1C=N)C1CCCN1C. The van der Waals surface area contributed by atoms with Gasteiger partial charge < -0.3 is 35.9 Å². The number of nitrogens with one attached hydrogen (secondary N) is 2. The van der Waals surface area contributed by atoms with E-state index in [9.17, 15) is 10.4 Å². The Balaban J connectivity index is 1.37. The minimum atomic E-state index is -1.26. The maximum absolute atomic E-state index is 15.0. The smallest absolute Gasteiger partial charge is 0.186 e. The number of β-amino-alcohol motifs (C(OH)–C–C–N with tert-alkyl or cyclic N) is 1. The van der Waals surface area contributed by atoms with Crippen LogP contribution in [0.2, 0.25) is 0 Å². The van der Waals surface area contributed by atoms with E-state index in [0.29, 0.717) is 45.3 Å². The van der Waals surface area contributed by atoms with Crippen molar-refractivity contribution >= 4 is 34.2 Å². The van der Waals surface area contributed by atoms with Gasteiger partial charge >= 0.3 is 0 Å². The zero-order valence-electron chi connectivity index (χ0n) is 26.7. The molecule has 2 fully saturated rings. The number of aromatic nitrogens is 3. The van der Waals surface area contributed by atoms with Crippen molar-refractivity contribution in [2.45, 2.75) is 101 Å². The lowest BCUT2D eigenvalue weighted by Crippen LogP contribution is -2.51. The third-order valence-electron chi connectivity index (χ3n) is 10.6. The van der Waals surface area contributed by atoms with E-state index in [1.165, 1.54) is 17.6 Å². The van der Waals surface area contributed by atoms with E-state index in [1.54, 1.807) is 11.8 Å². The van der Waals surface area contributed by atoms with Gasteiger partial charge in [0, 0.05) is 41.7 Å². The maximum Gasteiger partial charge on any atom is 0.186 e. The molecule has 5 N–H and O–H groups in total. The summed E-state index contributed by atoms with van der Waals surface area (Å²) in [4.78, 5) is 15.2. The number of hydrogen-bond acceptors (Lipinski definition) is 12. The highest BCUT2D eigenvalue weighted by Crippen LogP contribution is 2.55. The molecule has 2 aliphatic heterocycles. The number of nitrogen functional groups attached to an aromatic ring is 1. The predicted molar refractivity (Wildman–Crippen MR) is 177 cm³/mol. The first-order valence-electron chi connectivity index (χ1n) is 16.4. The number of nitriles is 1. The van der Waals surface area contributed by atoms with Gasteiger partial charge in [-0.15, -0.1) is 11.3 Å². The van der Waals surface area contributed by atoms with Gasteiger partial charge in [0.1, 0.15) is 28.9 Å². The number of piperidine rings is 1. The highest BCUT2D eigenvalue weighted by molar-refractivity contribution is 7.16. The second kappa shape index (κ2) is 11.6. The molecule has 5 heterocycles. The summed E-state index contributed by atoms with van der Waals surface area (Å²) >= 11 is 1.51. The second-order valence-electron chi connectivity index (χ2n) is 14.0. The molecule has 3 aromatic rings. The first-order valence-corrected chi connectivity index (χ1v) is 17.2. The normalized spacial score (nSPS) is 28.5. The van der Waals surface area contributed by atoms with E-state index in [-0.39, 0.29) is 25.6 Å². The Morgan fingerprint density at radius 1 is 1.28 bits per heavy atom. The molecule has 11 nitrogen and oxygen atoms in total. The summed E-state index contributed by atoms with van der Waals surface area (Å²) in [5.74, 6) is 1.95. The lowest BCUT2D eigenvalue weighted by molar-refractivity contribution is 0.0164. The van der Waals surface area contributed by atoms with Gasteiger partial charge in [0.25, 0.3) is 0 Å². The summed E-state index contributed by atoms with van der Waals surface area (Å²) in [7, 11) is 2.12. The number of halogens is 1. The standard InChI is InChI=1S/C33H42FN9O2S/c1-18(23-8-6-12-42(23)3)38-29-22(15-36)31(43-16-19(34)13-32(2,44)17-43)40-30(39-29)26-20-7-4-10-33(27(20)45-41-26)11-5-9-24-25(33)21(14-35)28(37)46-24/h15,18-19,23,36,44H,4-13,16-17,37H2,1-3H3,(H,38,39,40). The molecule has 0 amide bonds. The number of alkyl halides is 1. The summed E-state index contributed by atoms with van der Waals surface area (Å²) in [6.45, 7) is 4.99. The van der Waals surface area contributed by atoms with Crippen molar-refractivity contribution in [2.24, 2.45) is 0 Å². The summed E-state index contributed by atoms with van der Waals surface area (Å²) in [6.07, 6.45) is 7.28. The van der Waals surface area contributed by atoms with Crippen molar-refractivity contribution in [3.05, 3.63) is 32.9 Å². The highest BCUT2D eigenvalue weighted by Gasteiger charge is 2.49. The van der Waals surface area contributed by atoms with Gasteiger partial charge in [0.15, 0.2) is 17.3 Å². The summed E-state index contributed by atoms with van der Waals surface area (Å²) in [5.41, 5.74) is 8.04. The average molecular weight is 648 g/mol. The van der Waals surface area contributed by atoms with Crippen LogP contribution in [0.4, 0.5) is 21.0 Å². The molecule has 5 unspecified atom stereocenters. The molecule has 1 spiro atoms. The topological polar surface area (TPSA) is 164 Å². The molecule has 2 saturated heterocycles. The first kappa shape index (κ1) is 31.0. The van der Waals surface area contributed by atoms with Gasteiger partial charge in [-0.25, -0.2) is 14.4 Å². The molecule has 7 rings (SSSR count). The fraction of sp³-hybridized carbons (Fsp3) is 0.606. The lowest BCUT2D eigenvalue weighted by atomic mass is 9.63. The Morgan fingerprint density at radius 3 is 2.76 bits per heavy atom. The minimum Gasteiger partial charge on any atom is -0.389 e. The molecular weight excluding hydrogens is 605 g/mol. The van der Waals surface area contributed by atoms with Crippen LogP contribution >= 0.6 is 11.3 Å². The van der Waals surface area contributed by atoms with E-state index in [0.717, 1.165) is 79.7 Å². The van der Waals surface area contributed by atoms with Crippen LogP contribution in [-0.4, -0.2) is 81.9 Å². The Morgan fingerprint density at radius 2 is 2.07 bits per heavy atom. The number of thiophene rings is 1. The van der Waals surface area contributed by atoms with Gasteiger partial charge in [-0.3, -0.25) is 0 Å². The molecule has 5 atom stereocenters. The van der Waals surface area contributed by atoms with Crippen molar-refractivity contribution in [2.75, 3.05) is 42.6 Å². The molecule has 2 aliphatic carbocycles. The van der Waals surface area contributed by atoms with Crippen LogP contribution in [0.25, 0.3) is 11.5 Å². The molecule has 0 saturated carbocycles. The number of aliphatic hydroxyl groups is 1. The molecule has 0 aromatic carbocycles. The molecule has 46 heavy (non-hydrogen) atoms. The zero-order valence-corrected chi connectivity index (χ0v) is 27.5. The van der Waals surface area contributed by atoms with Gasteiger partial charge in [0.2, 0.25) is 0 Å². The van der Waals surface area contributed by atoms with Crippen molar-refractivity contribution in [1.82, 2.24) is 20.0 Å². The van der Waals surface area contributed by atoms with Crippen LogP contribution in [0.1, 0.15) is 91.7 Å². The molecule has 4 aliphatic rings. The van der Waals surface area contributed by atoms with E-state index >= 15 is 4.39 Å². The molecule has 244 valence electrons. The van der Waals surface area contributed by atoms with E-state index in [2.05, 4.69) is 35.4 Å². The van der Waals surface area contributed by atoms with Crippen molar-refractivity contribution in [1.29, 1.82) is 10.7 Å². The maximum atomic E-state index is 15.0. The summed E-state index contributed by atoms with van der Waals surface area (Å²) in [5, 5.41) is 38.2. The van der Waals surface area contributed by atoms with Gasteiger partial charge in [0.05, 0.1) is 28.7 Å². The Labute approximate surface area is 272 Å². The third-order valence-corrected chi connectivity index (χ3v) is 11.6. The second-order valence-corrected chi connectivity index (χ2v) is 15.1. The van der Waals surface area contributed by atoms with Crippen LogP contribution in [-0.2, 0) is 18.3 Å². The minimum absolute atomic E-state index is 0.0174. The molecule has 3 aromatic heterocycles. The number of fused-ring (bicyclic) bond motifs is 4. The third kappa shape index (κ3) is 5.05. The predicted octanol–water partition coefficient (Wildman–Crippen LogP) is 4.80. The summed E-state index contributed by atoms with van der Waals surface area (Å²) < 4.78 is 21.3. The Bertz CT molecular complexity index is 1710. The number of likely N-dealkylation sites (N-methyl/N-ethyl adjacent to an activating group) is 1.